The van der Waals surface area contributed by atoms with Crippen LogP contribution in [-0.4, -0.2) is 0 Å². The van der Waals surface area contributed by atoms with Crippen LogP contribution in [0.15, 0.2) is 158 Å². The first kappa shape index (κ1) is 23.3. The highest BCUT2D eigenvalue weighted by Crippen LogP contribution is 2.45. The molecule has 0 atom stereocenters. The number of rotatable bonds is 2. The molecule has 194 valence electrons. The predicted octanol–water partition coefficient (Wildman–Crippen LogP) is 11.9. The van der Waals surface area contributed by atoms with Gasteiger partial charge < -0.3 is 0 Å². The molecule has 0 N–H and O–H groups in total. The molecule has 0 bridgehead atoms. The molecule has 0 heterocycles. The molecule has 0 heteroatoms. The summed E-state index contributed by atoms with van der Waals surface area (Å²) in [6.45, 7) is 0. The highest BCUT2D eigenvalue weighted by Gasteiger charge is 2.17. The second-order valence-corrected chi connectivity index (χ2v) is 11.3. The van der Waals surface area contributed by atoms with Crippen LogP contribution in [0.1, 0.15) is 0 Å². The van der Waals surface area contributed by atoms with Gasteiger partial charge in [0.25, 0.3) is 0 Å². The van der Waals surface area contributed by atoms with Gasteiger partial charge in [-0.1, -0.05) is 140 Å². The van der Waals surface area contributed by atoms with Crippen molar-refractivity contribution in [2.24, 2.45) is 0 Å². The van der Waals surface area contributed by atoms with Crippen LogP contribution in [-0.2, 0) is 0 Å². The predicted molar refractivity (Wildman–Crippen MR) is 182 cm³/mol. The second-order valence-electron chi connectivity index (χ2n) is 11.3. The van der Waals surface area contributed by atoms with Gasteiger partial charge in [0.15, 0.2) is 0 Å². The Hall–Kier alpha value is -5.46. The van der Waals surface area contributed by atoms with E-state index in [0.29, 0.717) is 0 Å². The number of hydrogen-bond acceptors (Lipinski definition) is 0. The van der Waals surface area contributed by atoms with E-state index in [4.69, 9.17) is 0 Å². The lowest BCUT2D eigenvalue weighted by Gasteiger charge is -2.18. The molecule has 9 aromatic rings. The van der Waals surface area contributed by atoms with Gasteiger partial charge in [-0.15, -0.1) is 0 Å². The molecule has 0 aliphatic rings. The Morgan fingerprint density at radius 1 is 0.238 bits per heavy atom. The van der Waals surface area contributed by atoms with E-state index in [9.17, 15) is 0 Å². The summed E-state index contributed by atoms with van der Waals surface area (Å²) < 4.78 is 0. The van der Waals surface area contributed by atoms with Crippen LogP contribution in [0.3, 0.4) is 0 Å². The van der Waals surface area contributed by atoms with Gasteiger partial charge in [-0.25, -0.2) is 0 Å². The Kier molecular flexibility index (Phi) is 5.00. The molecule has 9 rings (SSSR count). The summed E-state index contributed by atoms with van der Waals surface area (Å²) in [7, 11) is 0. The second kappa shape index (κ2) is 9.03. The van der Waals surface area contributed by atoms with E-state index >= 15 is 0 Å². The third-order valence-electron chi connectivity index (χ3n) is 9.01. The van der Waals surface area contributed by atoms with Gasteiger partial charge in [0.05, 0.1) is 0 Å². The molecular formula is C42H26. The molecule has 0 aromatic heterocycles. The van der Waals surface area contributed by atoms with Crippen LogP contribution < -0.4 is 0 Å². The Morgan fingerprint density at radius 2 is 0.738 bits per heavy atom. The molecule has 42 heavy (non-hydrogen) atoms. The number of benzene rings is 9. The molecule has 0 aliphatic carbocycles. The Balaban J connectivity index is 1.49. The average molecular weight is 531 g/mol. The van der Waals surface area contributed by atoms with E-state index in [1.54, 1.807) is 0 Å². The van der Waals surface area contributed by atoms with Crippen LogP contribution in [0.4, 0.5) is 0 Å². The normalized spacial score (nSPS) is 11.8. The summed E-state index contributed by atoms with van der Waals surface area (Å²) in [5, 5.41) is 15.6. The SMILES string of the molecule is c1ccc(-c2ccc3c(c2)c(-c2cc4c5ccccc5c5ccccc5c4c4ccccc24)cc2ccccc23)cc1. The van der Waals surface area contributed by atoms with E-state index < -0.39 is 0 Å². The zero-order chi connectivity index (χ0) is 27.6. The van der Waals surface area contributed by atoms with Crippen LogP contribution in [0.5, 0.6) is 0 Å². The third-order valence-corrected chi connectivity index (χ3v) is 9.01. The topological polar surface area (TPSA) is 0 Å². The molecule has 0 saturated carbocycles. The quantitative estimate of drug-likeness (QED) is 0.195. The molecule has 0 nitrogen and oxygen atoms in total. The Labute approximate surface area is 244 Å². The minimum atomic E-state index is 1.24. The molecular weight excluding hydrogens is 504 g/mol. The van der Waals surface area contributed by atoms with Gasteiger partial charge in [-0.2, -0.15) is 0 Å². The summed E-state index contributed by atoms with van der Waals surface area (Å²) in [6, 6.07) is 58.1. The van der Waals surface area contributed by atoms with Crippen molar-refractivity contribution in [2.75, 3.05) is 0 Å². The van der Waals surface area contributed by atoms with E-state index in [-0.39, 0.29) is 0 Å². The van der Waals surface area contributed by atoms with Crippen molar-refractivity contribution in [1.82, 2.24) is 0 Å². The van der Waals surface area contributed by atoms with Gasteiger partial charge in [0.2, 0.25) is 0 Å². The summed E-state index contributed by atoms with van der Waals surface area (Å²) in [6.07, 6.45) is 0. The number of hydrogen-bond donors (Lipinski definition) is 0. The van der Waals surface area contributed by atoms with Gasteiger partial charge in [-0.05, 0) is 105 Å². The third kappa shape index (κ3) is 3.36. The van der Waals surface area contributed by atoms with Crippen LogP contribution in [0, 0.1) is 0 Å². The van der Waals surface area contributed by atoms with E-state index in [2.05, 4.69) is 158 Å². The lowest BCUT2D eigenvalue weighted by Crippen LogP contribution is -1.91. The summed E-state index contributed by atoms with van der Waals surface area (Å²) in [4.78, 5) is 0. The van der Waals surface area contributed by atoms with Crippen molar-refractivity contribution >= 4 is 64.6 Å². The lowest BCUT2D eigenvalue weighted by molar-refractivity contribution is 1.65. The highest BCUT2D eigenvalue weighted by molar-refractivity contribution is 6.33. The zero-order valence-corrected chi connectivity index (χ0v) is 23.0. The van der Waals surface area contributed by atoms with Gasteiger partial charge in [0.1, 0.15) is 0 Å². The van der Waals surface area contributed by atoms with Crippen LogP contribution >= 0.6 is 0 Å². The van der Waals surface area contributed by atoms with Crippen molar-refractivity contribution in [3.8, 4) is 22.3 Å². The summed E-state index contributed by atoms with van der Waals surface area (Å²) in [5.74, 6) is 0. The summed E-state index contributed by atoms with van der Waals surface area (Å²) in [5.41, 5.74) is 5.02. The molecule has 0 amide bonds. The standard InChI is InChI=1S/C42H26/c1-2-12-27(13-3-1)28-22-23-35-30-15-5-4-14-29(30)25-39(38(35)24-28)40-26-41-33-18-7-6-16-31(33)32-17-8-10-20-36(32)42(41)37-21-11-9-19-34(37)40/h1-26H. The largest absolute Gasteiger partial charge is 0.0622 e. The minimum Gasteiger partial charge on any atom is -0.0622 e. The fraction of sp³-hybridized carbons (Fsp3) is 0. The maximum Gasteiger partial charge on any atom is -0.00199 e. The van der Waals surface area contributed by atoms with Crippen LogP contribution in [0.2, 0.25) is 0 Å². The first-order chi connectivity index (χ1) is 20.8. The molecule has 0 saturated heterocycles. The zero-order valence-electron chi connectivity index (χ0n) is 23.0. The average Bonchev–Trinajstić information content (AvgIpc) is 3.07. The monoisotopic (exact) mass is 530 g/mol. The first-order valence-electron chi connectivity index (χ1n) is 14.6. The lowest BCUT2D eigenvalue weighted by atomic mass is 9.85. The molecule has 0 unspecified atom stereocenters. The van der Waals surface area contributed by atoms with Crippen molar-refractivity contribution < 1.29 is 0 Å². The Bertz CT molecular complexity index is 2500. The number of fused-ring (bicyclic) bond motifs is 11. The first-order valence-corrected chi connectivity index (χ1v) is 14.6. The summed E-state index contributed by atoms with van der Waals surface area (Å²) >= 11 is 0. The highest BCUT2D eigenvalue weighted by atomic mass is 14.2. The van der Waals surface area contributed by atoms with E-state index in [0.717, 1.165) is 0 Å². The fourth-order valence-electron chi connectivity index (χ4n) is 7.13. The van der Waals surface area contributed by atoms with Crippen LogP contribution in [0.25, 0.3) is 86.9 Å². The Morgan fingerprint density at radius 3 is 1.48 bits per heavy atom. The smallest absolute Gasteiger partial charge is 0.00199 e. The maximum atomic E-state index is 2.46. The van der Waals surface area contributed by atoms with E-state index in [1.807, 2.05) is 0 Å². The van der Waals surface area contributed by atoms with Crippen molar-refractivity contribution in [1.29, 1.82) is 0 Å². The molecule has 0 radical (unpaired) electrons. The van der Waals surface area contributed by atoms with Crippen molar-refractivity contribution in [2.45, 2.75) is 0 Å². The van der Waals surface area contributed by atoms with Crippen molar-refractivity contribution in [3.05, 3.63) is 158 Å². The maximum absolute atomic E-state index is 2.46. The van der Waals surface area contributed by atoms with Gasteiger partial charge >= 0.3 is 0 Å². The molecule has 0 spiro atoms. The molecule has 0 aliphatic heterocycles. The van der Waals surface area contributed by atoms with Gasteiger partial charge in [0, 0.05) is 0 Å². The van der Waals surface area contributed by atoms with Crippen molar-refractivity contribution in [3.63, 3.8) is 0 Å². The van der Waals surface area contributed by atoms with Gasteiger partial charge in [-0.3, -0.25) is 0 Å². The molecule has 0 fully saturated rings. The minimum absolute atomic E-state index is 1.24. The van der Waals surface area contributed by atoms with E-state index in [1.165, 1.54) is 86.9 Å². The fourth-order valence-corrected chi connectivity index (χ4v) is 7.13. The molecule has 9 aromatic carbocycles.